The predicted octanol–water partition coefficient (Wildman–Crippen LogP) is 9.00. The highest BCUT2D eigenvalue weighted by atomic mass is 15.4. The zero-order valence-corrected chi connectivity index (χ0v) is 27.4. The third-order valence-electron chi connectivity index (χ3n) is 8.77. The molecule has 0 amide bonds. The molecule has 240 valence electrons. The minimum atomic E-state index is -0.0925. The zero-order valence-electron chi connectivity index (χ0n) is 27.4. The maximum Gasteiger partial charge on any atom is 0.184 e. The highest BCUT2D eigenvalue weighted by Gasteiger charge is 2.36. The number of hydrogen-bond donors (Lipinski definition) is 0. The van der Waals surface area contributed by atoms with Crippen LogP contribution in [0.25, 0.3) is 27.1 Å². The first-order valence-electron chi connectivity index (χ1n) is 16.2. The summed E-state index contributed by atoms with van der Waals surface area (Å²) in [5, 5.41) is 24.3. The monoisotopic (exact) mass is 657 g/mol. The number of aromatic nitrogens is 4. The Labute approximate surface area is 294 Å². The van der Waals surface area contributed by atoms with E-state index in [-0.39, 0.29) is 11.4 Å². The summed E-state index contributed by atoms with van der Waals surface area (Å²) in [6.45, 7) is 6.42. The molecular weight excluding hydrogens is 631 g/mol. The molecular formula is C42H27N9. The summed E-state index contributed by atoms with van der Waals surface area (Å²) < 4.78 is 0. The first-order valence-corrected chi connectivity index (χ1v) is 16.2. The number of nitrogens with zero attached hydrogens (tertiary/aromatic N) is 9. The van der Waals surface area contributed by atoms with Gasteiger partial charge >= 0.3 is 0 Å². The van der Waals surface area contributed by atoms with Crippen molar-refractivity contribution in [2.24, 2.45) is 4.99 Å². The van der Waals surface area contributed by atoms with Crippen molar-refractivity contribution in [3.8, 4) is 12.1 Å². The maximum atomic E-state index is 10.2. The van der Waals surface area contributed by atoms with E-state index in [1.807, 2.05) is 138 Å². The fourth-order valence-corrected chi connectivity index (χ4v) is 6.41. The van der Waals surface area contributed by atoms with Gasteiger partial charge < -0.3 is 0 Å². The Bertz CT molecular complexity index is 2640. The van der Waals surface area contributed by atoms with Crippen LogP contribution in [0.3, 0.4) is 0 Å². The number of pyridine rings is 2. The molecule has 7 aromatic rings. The standard InChI is InChI=1S/C42H27N9/c1-27(33-19-7-9-23-45-33)39(34-20-8-10-24-46-34)49-40-28(2)50(37-21-11-15-29-13-3-5-17-31(29)37)41-42(48-36(26-44)35(25-43)47-41)51(40)38-22-12-16-30-14-4-6-18-32(30)38/h3-24H,1H2,2H3/b49-39+. The number of aliphatic imine (C=N–C) groups is 1. The van der Waals surface area contributed by atoms with E-state index in [1.54, 1.807) is 12.4 Å². The fraction of sp³-hybridized carbons (Fsp3) is 0.0238. The Morgan fingerprint density at radius 3 is 1.65 bits per heavy atom. The minimum Gasteiger partial charge on any atom is -0.292 e. The quantitative estimate of drug-likeness (QED) is 0.163. The van der Waals surface area contributed by atoms with Gasteiger partial charge in [-0.15, -0.1) is 0 Å². The number of anilines is 4. The van der Waals surface area contributed by atoms with Gasteiger partial charge in [0.25, 0.3) is 0 Å². The summed E-state index contributed by atoms with van der Waals surface area (Å²) in [4.78, 5) is 28.3. The minimum absolute atomic E-state index is 0.0724. The number of nitriles is 2. The van der Waals surface area contributed by atoms with Crippen LogP contribution in [-0.2, 0) is 0 Å². The van der Waals surface area contributed by atoms with Crippen molar-refractivity contribution in [2.45, 2.75) is 6.92 Å². The second kappa shape index (κ2) is 12.8. The van der Waals surface area contributed by atoms with Gasteiger partial charge in [-0.25, -0.2) is 15.0 Å². The molecule has 1 aliphatic heterocycles. The number of rotatable bonds is 6. The smallest absolute Gasteiger partial charge is 0.184 e. The molecule has 0 spiro atoms. The van der Waals surface area contributed by atoms with Crippen molar-refractivity contribution in [1.82, 2.24) is 19.9 Å². The van der Waals surface area contributed by atoms with Crippen molar-refractivity contribution in [3.63, 3.8) is 0 Å². The fourth-order valence-electron chi connectivity index (χ4n) is 6.41. The van der Waals surface area contributed by atoms with Crippen molar-refractivity contribution < 1.29 is 0 Å². The van der Waals surface area contributed by atoms with Crippen LogP contribution in [0.4, 0.5) is 23.0 Å². The lowest BCUT2D eigenvalue weighted by atomic mass is 10.0. The van der Waals surface area contributed by atoms with Crippen LogP contribution in [-0.4, -0.2) is 25.6 Å². The number of benzene rings is 4. The second-order valence-corrected chi connectivity index (χ2v) is 11.7. The first kappa shape index (κ1) is 30.8. The van der Waals surface area contributed by atoms with Gasteiger partial charge in [-0.1, -0.05) is 91.5 Å². The van der Waals surface area contributed by atoms with Crippen LogP contribution in [0.1, 0.15) is 29.7 Å². The molecule has 0 aliphatic carbocycles. The van der Waals surface area contributed by atoms with Gasteiger partial charge in [-0.05, 0) is 54.1 Å². The molecule has 0 fully saturated rings. The molecule has 0 bridgehead atoms. The molecule has 0 N–H and O–H groups in total. The van der Waals surface area contributed by atoms with Gasteiger partial charge in [-0.2, -0.15) is 10.5 Å². The highest BCUT2D eigenvalue weighted by Crippen LogP contribution is 2.49. The summed E-state index contributed by atoms with van der Waals surface area (Å²) in [5.74, 6) is 1.21. The van der Waals surface area contributed by atoms with E-state index in [1.165, 1.54) is 0 Å². The number of allylic oxidation sites excluding steroid dienone is 2. The van der Waals surface area contributed by atoms with Crippen molar-refractivity contribution >= 4 is 55.8 Å². The summed E-state index contributed by atoms with van der Waals surface area (Å²) in [6, 6.07) is 43.6. The van der Waals surface area contributed by atoms with Crippen LogP contribution in [0.15, 0.2) is 157 Å². The van der Waals surface area contributed by atoms with E-state index in [2.05, 4.69) is 23.7 Å². The molecule has 4 aromatic carbocycles. The lowest BCUT2D eigenvalue weighted by Crippen LogP contribution is -2.33. The molecule has 0 saturated carbocycles. The third kappa shape index (κ3) is 5.32. The Kier molecular flexibility index (Phi) is 7.76. The normalized spacial score (nSPS) is 12.8. The molecule has 0 unspecified atom stereocenters. The predicted molar refractivity (Wildman–Crippen MR) is 200 cm³/mol. The molecule has 4 heterocycles. The van der Waals surface area contributed by atoms with Crippen LogP contribution in [0.2, 0.25) is 0 Å². The van der Waals surface area contributed by atoms with Crippen molar-refractivity contribution in [2.75, 3.05) is 9.80 Å². The van der Waals surface area contributed by atoms with E-state index in [9.17, 15) is 10.5 Å². The third-order valence-corrected chi connectivity index (χ3v) is 8.77. The van der Waals surface area contributed by atoms with Gasteiger partial charge in [0.1, 0.15) is 12.1 Å². The molecule has 1 aliphatic rings. The van der Waals surface area contributed by atoms with E-state index < -0.39 is 0 Å². The zero-order chi connectivity index (χ0) is 34.9. The highest BCUT2D eigenvalue weighted by molar-refractivity contribution is 6.30. The van der Waals surface area contributed by atoms with Crippen molar-refractivity contribution in [3.05, 3.63) is 175 Å². The Balaban J connectivity index is 1.51. The lowest BCUT2D eigenvalue weighted by Gasteiger charge is -2.38. The van der Waals surface area contributed by atoms with Crippen LogP contribution >= 0.6 is 0 Å². The SMILES string of the molecule is C=C(/C(=N\C1=C(C)N(c2cccc3ccccc23)c2nc(C#N)c(C#N)nc2N1c1cccc2ccccc12)c1ccccn1)c1ccccn1. The Morgan fingerprint density at radius 1 is 0.608 bits per heavy atom. The second-order valence-electron chi connectivity index (χ2n) is 11.7. The molecule has 0 saturated heterocycles. The van der Waals surface area contributed by atoms with Crippen LogP contribution < -0.4 is 9.80 Å². The molecule has 9 heteroatoms. The van der Waals surface area contributed by atoms with Crippen LogP contribution in [0.5, 0.6) is 0 Å². The lowest BCUT2D eigenvalue weighted by molar-refractivity contribution is 0.924. The largest absolute Gasteiger partial charge is 0.292 e. The van der Waals surface area contributed by atoms with Gasteiger partial charge in [0.05, 0.1) is 34.2 Å². The topological polar surface area (TPSA) is 118 Å². The number of fused-ring (bicyclic) bond motifs is 3. The molecule has 0 atom stereocenters. The summed E-state index contributed by atoms with van der Waals surface area (Å²) >= 11 is 0. The van der Waals surface area contributed by atoms with Gasteiger partial charge in [0.2, 0.25) is 0 Å². The van der Waals surface area contributed by atoms with E-state index in [0.29, 0.717) is 45.8 Å². The molecule has 0 radical (unpaired) electrons. The van der Waals surface area contributed by atoms with Crippen LogP contribution in [0, 0.1) is 22.7 Å². The molecule has 9 nitrogen and oxygen atoms in total. The number of hydrogen-bond acceptors (Lipinski definition) is 9. The Hall–Kier alpha value is -7.49. The molecule has 3 aromatic heterocycles. The summed E-state index contributed by atoms with van der Waals surface area (Å²) in [7, 11) is 0. The van der Waals surface area contributed by atoms with E-state index >= 15 is 0 Å². The average molecular weight is 658 g/mol. The van der Waals surface area contributed by atoms with E-state index in [0.717, 1.165) is 32.9 Å². The first-order chi connectivity index (χ1) is 25.1. The Morgan fingerprint density at radius 2 is 1.10 bits per heavy atom. The molecule has 51 heavy (non-hydrogen) atoms. The summed E-state index contributed by atoms with van der Waals surface area (Å²) in [6.07, 6.45) is 3.43. The average Bonchev–Trinajstić information content (AvgIpc) is 3.19. The maximum absolute atomic E-state index is 10.2. The van der Waals surface area contributed by atoms with Gasteiger partial charge in [0, 0.05) is 28.7 Å². The van der Waals surface area contributed by atoms with Gasteiger partial charge in [-0.3, -0.25) is 19.8 Å². The van der Waals surface area contributed by atoms with E-state index in [4.69, 9.17) is 19.9 Å². The molecule has 8 rings (SSSR count). The van der Waals surface area contributed by atoms with Gasteiger partial charge in [0.15, 0.2) is 28.8 Å². The summed E-state index contributed by atoms with van der Waals surface area (Å²) in [5.41, 5.74) is 4.40. The van der Waals surface area contributed by atoms with Crippen molar-refractivity contribution in [1.29, 1.82) is 10.5 Å².